The van der Waals surface area contributed by atoms with Crippen molar-refractivity contribution < 1.29 is 23.6 Å². The second kappa shape index (κ2) is 7.52. The van der Waals surface area contributed by atoms with Crippen LogP contribution in [0.4, 0.5) is 15.8 Å². The summed E-state index contributed by atoms with van der Waals surface area (Å²) in [6.45, 7) is 2.60. The Hall–Kier alpha value is -3.29. The maximum atomic E-state index is 13.6. The maximum absolute atomic E-state index is 13.6. The van der Waals surface area contributed by atoms with E-state index in [-0.39, 0.29) is 16.9 Å². The molecule has 0 spiro atoms. The number of halogens is 1. The molecule has 0 radical (unpaired) electrons. The Labute approximate surface area is 142 Å². The average molecular weight is 346 g/mol. The van der Waals surface area contributed by atoms with Gasteiger partial charge in [-0.2, -0.15) is 0 Å². The molecule has 0 atom stereocenters. The fourth-order valence-electron chi connectivity index (χ4n) is 2.06. The highest BCUT2D eigenvalue weighted by molar-refractivity contribution is 5.95. The van der Waals surface area contributed by atoms with Gasteiger partial charge >= 0.3 is 5.97 Å². The van der Waals surface area contributed by atoms with E-state index < -0.39 is 29.2 Å². The van der Waals surface area contributed by atoms with Crippen LogP contribution in [0.25, 0.3) is 0 Å². The highest BCUT2D eigenvalue weighted by Gasteiger charge is 2.17. The largest absolute Gasteiger partial charge is 0.452 e. The first-order chi connectivity index (χ1) is 11.8. The van der Waals surface area contributed by atoms with Crippen molar-refractivity contribution in [3.8, 4) is 0 Å². The van der Waals surface area contributed by atoms with Crippen LogP contribution in [0.1, 0.15) is 21.5 Å². The number of benzene rings is 2. The fourth-order valence-corrected chi connectivity index (χ4v) is 2.06. The van der Waals surface area contributed by atoms with Crippen molar-refractivity contribution in [2.24, 2.45) is 0 Å². The summed E-state index contributed by atoms with van der Waals surface area (Å²) in [4.78, 5) is 33.9. The number of nitrogens with zero attached hydrogens (tertiary/aromatic N) is 1. The molecule has 25 heavy (non-hydrogen) atoms. The summed E-state index contributed by atoms with van der Waals surface area (Å²) >= 11 is 0. The Morgan fingerprint density at radius 1 is 1.20 bits per heavy atom. The predicted octanol–water partition coefficient (Wildman–Crippen LogP) is 3.15. The molecule has 0 aliphatic rings. The van der Waals surface area contributed by atoms with E-state index in [0.717, 1.165) is 6.07 Å². The molecule has 0 aromatic heterocycles. The quantitative estimate of drug-likeness (QED) is 0.509. The molecule has 1 amide bonds. The third kappa shape index (κ3) is 4.60. The van der Waals surface area contributed by atoms with E-state index >= 15 is 0 Å². The molecule has 2 aromatic rings. The lowest BCUT2D eigenvalue weighted by Crippen LogP contribution is -2.21. The van der Waals surface area contributed by atoms with E-state index in [9.17, 15) is 24.1 Å². The minimum absolute atomic E-state index is 0.0300. The number of rotatable bonds is 5. The smallest absolute Gasteiger partial charge is 0.338 e. The highest BCUT2D eigenvalue weighted by Crippen LogP contribution is 2.20. The number of nitrogens with one attached hydrogen (secondary N) is 1. The number of hydrogen-bond donors (Lipinski definition) is 1. The number of ether oxygens (including phenoxy) is 1. The molecule has 0 fully saturated rings. The maximum Gasteiger partial charge on any atom is 0.338 e. The van der Waals surface area contributed by atoms with Gasteiger partial charge in [0.05, 0.1) is 16.2 Å². The Bertz CT molecular complexity index is 851. The fraction of sp³-hybridized carbons (Fsp3) is 0.176. The van der Waals surface area contributed by atoms with Gasteiger partial charge < -0.3 is 10.1 Å². The zero-order valence-electron chi connectivity index (χ0n) is 13.5. The number of carbonyl (C=O) groups excluding carboxylic acids is 2. The molecule has 0 saturated carbocycles. The molecule has 2 aromatic carbocycles. The minimum Gasteiger partial charge on any atom is -0.452 e. The summed E-state index contributed by atoms with van der Waals surface area (Å²) in [5.74, 6) is -2.21. The van der Waals surface area contributed by atoms with Crippen molar-refractivity contribution in [2.75, 3.05) is 11.9 Å². The van der Waals surface area contributed by atoms with Gasteiger partial charge in [0.2, 0.25) is 0 Å². The molecule has 7 nitrogen and oxygen atoms in total. The minimum atomic E-state index is -0.886. The van der Waals surface area contributed by atoms with Crippen LogP contribution >= 0.6 is 0 Å². The van der Waals surface area contributed by atoms with Crippen LogP contribution in [0, 0.1) is 29.8 Å². The van der Waals surface area contributed by atoms with E-state index in [0.29, 0.717) is 11.1 Å². The van der Waals surface area contributed by atoms with Gasteiger partial charge in [-0.1, -0.05) is 12.1 Å². The standard InChI is InChI=1S/C17H15FN2O5/c1-10-3-6-14(13(18)7-10)19-16(21)9-25-17(22)12-5-4-11(2)15(8-12)20(23)24/h3-8H,9H2,1-2H3,(H,19,21). The van der Waals surface area contributed by atoms with Crippen LogP contribution in [-0.2, 0) is 9.53 Å². The third-order valence-electron chi connectivity index (χ3n) is 3.37. The average Bonchev–Trinajstić information content (AvgIpc) is 2.55. The van der Waals surface area contributed by atoms with Crippen molar-refractivity contribution in [3.63, 3.8) is 0 Å². The lowest BCUT2D eigenvalue weighted by Gasteiger charge is -2.08. The van der Waals surface area contributed by atoms with Gasteiger partial charge in [0.25, 0.3) is 11.6 Å². The van der Waals surface area contributed by atoms with Gasteiger partial charge in [-0.25, -0.2) is 9.18 Å². The second-order valence-corrected chi connectivity index (χ2v) is 5.37. The second-order valence-electron chi connectivity index (χ2n) is 5.37. The molecule has 1 N–H and O–H groups in total. The molecule has 130 valence electrons. The Balaban J connectivity index is 1.98. The van der Waals surface area contributed by atoms with E-state index in [1.165, 1.54) is 31.2 Å². The van der Waals surface area contributed by atoms with Crippen molar-refractivity contribution >= 4 is 23.3 Å². The molecule has 0 unspecified atom stereocenters. The molecular weight excluding hydrogens is 331 g/mol. The Morgan fingerprint density at radius 3 is 2.56 bits per heavy atom. The lowest BCUT2D eigenvalue weighted by molar-refractivity contribution is -0.385. The van der Waals surface area contributed by atoms with Gasteiger partial charge in [-0.15, -0.1) is 0 Å². The SMILES string of the molecule is Cc1ccc(NC(=O)COC(=O)c2ccc(C)c([N+](=O)[O-])c2)c(F)c1. The van der Waals surface area contributed by atoms with Gasteiger partial charge in [0.1, 0.15) is 5.82 Å². The van der Waals surface area contributed by atoms with E-state index in [4.69, 9.17) is 4.74 Å². The predicted molar refractivity (Wildman–Crippen MR) is 87.9 cm³/mol. The molecule has 0 saturated heterocycles. The van der Waals surface area contributed by atoms with Gasteiger partial charge in [-0.3, -0.25) is 14.9 Å². The number of amides is 1. The van der Waals surface area contributed by atoms with Crippen LogP contribution in [0.15, 0.2) is 36.4 Å². The topological polar surface area (TPSA) is 98.5 Å². The summed E-state index contributed by atoms with van der Waals surface area (Å²) in [6, 6.07) is 8.13. The van der Waals surface area contributed by atoms with Crippen LogP contribution in [0.5, 0.6) is 0 Å². The number of nitro groups is 1. The molecule has 0 aliphatic carbocycles. The number of anilines is 1. The van der Waals surface area contributed by atoms with E-state index in [1.54, 1.807) is 13.0 Å². The zero-order chi connectivity index (χ0) is 18.6. The molecule has 8 heteroatoms. The summed E-state index contributed by atoms with van der Waals surface area (Å²) in [7, 11) is 0. The van der Waals surface area contributed by atoms with Crippen molar-refractivity contribution in [2.45, 2.75) is 13.8 Å². The summed E-state index contributed by atoms with van der Waals surface area (Å²) < 4.78 is 18.5. The van der Waals surface area contributed by atoms with Gasteiger partial charge in [-0.05, 0) is 37.6 Å². The zero-order valence-corrected chi connectivity index (χ0v) is 13.5. The number of esters is 1. The molecule has 0 aliphatic heterocycles. The number of carbonyl (C=O) groups is 2. The van der Waals surface area contributed by atoms with Crippen molar-refractivity contribution in [3.05, 3.63) is 69.0 Å². The highest BCUT2D eigenvalue weighted by atomic mass is 19.1. The Kier molecular flexibility index (Phi) is 5.43. The van der Waals surface area contributed by atoms with Crippen LogP contribution in [0.3, 0.4) is 0 Å². The Morgan fingerprint density at radius 2 is 1.92 bits per heavy atom. The molecule has 0 heterocycles. The molecular formula is C17H15FN2O5. The van der Waals surface area contributed by atoms with Crippen LogP contribution in [0.2, 0.25) is 0 Å². The van der Waals surface area contributed by atoms with Crippen molar-refractivity contribution in [1.82, 2.24) is 0 Å². The first-order valence-corrected chi connectivity index (χ1v) is 7.26. The van der Waals surface area contributed by atoms with Gasteiger partial charge in [0.15, 0.2) is 6.61 Å². The summed E-state index contributed by atoms with van der Waals surface area (Å²) in [5.41, 5.74) is 0.793. The van der Waals surface area contributed by atoms with Crippen molar-refractivity contribution in [1.29, 1.82) is 0 Å². The third-order valence-corrected chi connectivity index (χ3v) is 3.37. The van der Waals surface area contributed by atoms with Crippen LogP contribution < -0.4 is 5.32 Å². The normalized spacial score (nSPS) is 10.2. The first kappa shape index (κ1) is 18.1. The summed E-state index contributed by atoms with van der Waals surface area (Å²) in [5, 5.41) is 13.2. The van der Waals surface area contributed by atoms with Crippen LogP contribution in [-0.4, -0.2) is 23.4 Å². The van der Waals surface area contributed by atoms with Gasteiger partial charge in [0, 0.05) is 11.6 Å². The summed E-state index contributed by atoms with van der Waals surface area (Å²) in [6.07, 6.45) is 0. The number of aryl methyl sites for hydroxylation is 2. The van der Waals surface area contributed by atoms with E-state index in [1.807, 2.05) is 0 Å². The molecule has 0 bridgehead atoms. The number of hydrogen-bond acceptors (Lipinski definition) is 5. The first-order valence-electron chi connectivity index (χ1n) is 7.26. The number of nitro benzene ring substituents is 1. The molecule has 2 rings (SSSR count). The lowest BCUT2D eigenvalue weighted by atomic mass is 10.1. The monoisotopic (exact) mass is 346 g/mol. The van der Waals surface area contributed by atoms with E-state index in [2.05, 4.69) is 5.32 Å².